The first-order chi connectivity index (χ1) is 5.36. The molecule has 1 nitrogen and oxygen atoms in total. The minimum atomic E-state index is 0.767. The number of hydrogen-bond donors (Lipinski definition) is 0. The van der Waals surface area contributed by atoms with Crippen LogP contribution in [-0.2, 0) is 6.54 Å². The molecule has 0 spiro atoms. The third-order valence-electron chi connectivity index (χ3n) is 1.54. The Hall–Kier alpha value is -0.470. The highest BCUT2D eigenvalue weighted by Gasteiger charge is 2.05. The molecule has 0 amide bonds. The molecule has 0 bridgehead atoms. The van der Waals surface area contributed by atoms with E-state index in [0.717, 1.165) is 11.6 Å². The van der Waals surface area contributed by atoms with Crippen LogP contribution in [0.3, 0.4) is 0 Å². The van der Waals surface area contributed by atoms with Gasteiger partial charge in [0, 0.05) is 9.92 Å². The maximum atomic E-state index is 5.82. The van der Waals surface area contributed by atoms with Crippen molar-refractivity contribution < 1.29 is 0 Å². The molecular formula is C8H6ClNS. The van der Waals surface area contributed by atoms with Crippen molar-refractivity contribution in [3.8, 4) is 0 Å². The smallest absolute Gasteiger partial charge is 0.0657 e. The van der Waals surface area contributed by atoms with Gasteiger partial charge in [-0.1, -0.05) is 23.4 Å². The normalized spacial score (nSPS) is 14.6. The maximum absolute atomic E-state index is 5.82. The monoisotopic (exact) mass is 183 g/mol. The second-order valence-corrected chi connectivity index (χ2v) is 3.64. The highest BCUT2D eigenvalue weighted by atomic mass is 35.5. The molecule has 3 heteroatoms. The van der Waals surface area contributed by atoms with Crippen molar-refractivity contribution in [3.05, 3.63) is 28.8 Å². The van der Waals surface area contributed by atoms with E-state index in [2.05, 4.69) is 4.99 Å². The first kappa shape index (κ1) is 7.19. The number of halogens is 1. The Morgan fingerprint density at radius 2 is 2.36 bits per heavy atom. The first-order valence-electron chi connectivity index (χ1n) is 3.29. The van der Waals surface area contributed by atoms with Gasteiger partial charge in [0.15, 0.2) is 0 Å². The van der Waals surface area contributed by atoms with E-state index >= 15 is 0 Å². The number of rotatable bonds is 0. The van der Waals surface area contributed by atoms with Crippen molar-refractivity contribution in [2.45, 2.75) is 11.4 Å². The number of aliphatic imine (C=N–C) groups is 1. The fourth-order valence-corrected chi connectivity index (χ4v) is 1.90. The molecule has 0 unspecified atom stereocenters. The summed E-state index contributed by atoms with van der Waals surface area (Å²) in [4.78, 5) is 5.41. The van der Waals surface area contributed by atoms with Gasteiger partial charge in [-0.15, -0.1) is 0 Å². The van der Waals surface area contributed by atoms with E-state index in [4.69, 9.17) is 11.6 Å². The molecule has 11 heavy (non-hydrogen) atoms. The number of fused-ring (bicyclic) bond motifs is 1. The Morgan fingerprint density at radius 3 is 3.27 bits per heavy atom. The molecule has 2 rings (SSSR count). The van der Waals surface area contributed by atoms with Crippen LogP contribution in [0.1, 0.15) is 5.56 Å². The Bertz CT molecular complexity index is 309. The molecule has 56 valence electrons. The second-order valence-electron chi connectivity index (χ2n) is 2.32. The number of nitrogens with zero attached hydrogens (tertiary/aromatic N) is 1. The van der Waals surface area contributed by atoms with Crippen molar-refractivity contribution in [1.82, 2.24) is 0 Å². The lowest BCUT2D eigenvalue weighted by atomic mass is 10.2. The van der Waals surface area contributed by atoms with E-state index in [-0.39, 0.29) is 0 Å². The zero-order valence-corrected chi connectivity index (χ0v) is 7.32. The summed E-state index contributed by atoms with van der Waals surface area (Å²) in [7, 11) is 0. The van der Waals surface area contributed by atoms with Gasteiger partial charge in [0.1, 0.15) is 0 Å². The Morgan fingerprint density at radius 1 is 1.45 bits per heavy atom. The lowest BCUT2D eigenvalue weighted by Crippen LogP contribution is -1.90. The van der Waals surface area contributed by atoms with Gasteiger partial charge in [-0.3, -0.25) is 4.99 Å². The van der Waals surface area contributed by atoms with E-state index in [1.807, 2.05) is 23.7 Å². The summed E-state index contributed by atoms with van der Waals surface area (Å²) in [6.45, 7) is 0.767. The molecule has 0 fully saturated rings. The molecule has 1 aromatic carbocycles. The zero-order valence-electron chi connectivity index (χ0n) is 5.75. The fourth-order valence-electron chi connectivity index (χ4n) is 1.02. The maximum Gasteiger partial charge on any atom is 0.0657 e. The average molecular weight is 184 g/mol. The predicted octanol–water partition coefficient (Wildman–Crippen LogP) is 2.97. The van der Waals surface area contributed by atoms with Crippen LogP contribution in [0.4, 0.5) is 0 Å². The van der Waals surface area contributed by atoms with Crippen LogP contribution in [0, 0.1) is 0 Å². The summed E-state index contributed by atoms with van der Waals surface area (Å²) in [6.07, 6.45) is 0. The highest BCUT2D eigenvalue weighted by molar-refractivity contribution is 8.12. The highest BCUT2D eigenvalue weighted by Crippen LogP contribution is 2.27. The van der Waals surface area contributed by atoms with Crippen LogP contribution >= 0.6 is 23.4 Å². The van der Waals surface area contributed by atoms with Crippen LogP contribution < -0.4 is 0 Å². The largest absolute Gasteiger partial charge is 0.281 e. The molecule has 0 radical (unpaired) electrons. The SMILES string of the molecule is Clc1ccc2c(c1)CN=CS2. The average Bonchev–Trinajstić information content (AvgIpc) is 2.04. The fraction of sp³-hybridized carbons (Fsp3) is 0.125. The summed E-state index contributed by atoms with van der Waals surface area (Å²) in [6, 6.07) is 5.92. The number of hydrogen-bond acceptors (Lipinski definition) is 2. The molecule has 1 aromatic rings. The molecule has 0 N–H and O–H groups in total. The van der Waals surface area contributed by atoms with Gasteiger partial charge in [-0.2, -0.15) is 0 Å². The minimum Gasteiger partial charge on any atom is -0.281 e. The summed E-state index contributed by atoms with van der Waals surface area (Å²) in [5.41, 5.74) is 3.10. The van der Waals surface area contributed by atoms with Crippen molar-refractivity contribution in [1.29, 1.82) is 0 Å². The topological polar surface area (TPSA) is 12.4 Å². The van der Waals surface area contributed by atoms with Crippen molar-refractivity contribution in [3.63, 3.8) is 0 Å². The molecule has 1 heterocycles. The number of benzene rings is 1. The second kappa shape index (κ2) is 2.88. The molecule has 1 aliphatic heterocycles. The van der Waals surface area contributed by atoms with Gasteiger partial charge in [0.05, 0.1) is 12.1 Å². The molecule has 0 aliphatic carbocycles. The molecular weight excluding hydrogens is 178 g/mol. The first-order valence-corrected chi connectivity index (χ1v) is 4.55. The van der Waals surface area contributed by atoms with Crippen LogP contribution in [-0.4, -0.2) is 5.55 Å². The van der Waals surface area contributed by atoms with E-state index in [9.17, 15) is 0 Å². The van der Waals surface area contributed by atoms with Gasteiger partial charge >= 0.3 is 0 Å². The summed E-state index contributed by atoms with van der Waals surface area (Å²) >= 11 is 7.46. The number of thioether (sulfide) groups is 1. The van der Waals surface area contributed by atoms with E-state index in [1.165, 1.54) is 10.5 Å². The van der Waals surface area contributed by atoms with Gasteiger partial charge in [-0.05, 0) is 23.8 Å². The van der Waals surface area contributed by atoms with E-state index in [0.29, 0.717) is 0 Å². The minimum absolute atomic E-state index is 0.767. The summed E-state index contributed by atoms with van der Waals surface area (Å²) in [5, 5.41) is 0.793. The quantitative estimate of drug-likeness (QED) is 0.603. The zero-order chi connectivity index (χ0) is 7.68. The Labute approximate surface area is 74.5 Å². The van der Waals surface area contributed by atoms with Crippen molar-refractivity contribution >= 4 is 28.9 Å². The lowest BCUT2D eigenvalue weighted by molar-refractivity contribution is 1.03. The Balaban J connectivity index is 2.48. The van der Waals surface area contributed by atoms with E-state index in [1.54, 1.807) is 11.8 Å². The van der Waals surface area contributed by atoms with Crippen molar-refractivity contribution in [2.24, 2.45) is 4.99 Å². The van der Waals surface area contributed by atoms with Crippen LogP contribution in [0.25, 0.3) is 0 Å². The summed E-state index contributed by atoms with van der Waals surface area (Å²) in [5.74, 6) is 0. The van der Waals surface area contributed by atoms with Crippen LogP contribution in [0.5, 0.6) is 0 Å². The van der Waals surface area contributed by atoms with Gasteiger partial charge in [-0.25, -0.2) is 0 Å². The third kappa shape index (κ3) is 1.42. The van der Waals surface area contributed by atoms with Crippen molar-refractivity contribution in [2.75, 3.05) is 0 Å². The molecule has 0 saturated heterocycles. The molecule has 0 saturated carbocycles. The lowest BCUT2D eigenvalue weighted by Gasteiger charge is -2.08. The van der Waals surface area contributed by atoms with E-state index < -0.39 is 0 Å². The molecule has 0 aromatic heterocycles. The summed E-state index contributed by atoms with van der Waals surface area (Å²) < 4.78 is 0. The van der Waals surface area contributed by atoms with Gasteiger partial charge in [0.2, 0.25) is 0 Å². The predicted molar refractivity (Wildman–Crippen MR) is 49.5 cm³/mol. The molecule has 1 aliphatic rings. The van der Waals surface area contributed by atoms with Crippen LogP contribution in [0.15, 0.2) is 28.1 Å². The molecule has 0 atom stereocenters. The Kier molecular flexibility index (Phi) is 1.88. The van der Waals surface area contributed by atoms with Gasteiger partial charge < -0.3 is 0 Å². The standard InChI is InChI=1S/C8H6ClNS/c9-7-1-2-8-6(3-7)4-10-5-11-8/h1-3,5H,4H2. The van der Waals surface area contributed by atoms with Gasteiger partial charge in [0.25, 0.3) is 0 Å². The third-order valence-corrected chi connectivity index (χ3v) is 2.68. The van der Waals surface area contributed by atoms with Crippen LogP contribution in [0.2, 0.25) is 5.02 Å².